The zero-order chi connectivity index (χ0) is 12.3. The molecule has 0 saturated carbocycles. The first-order valence-electron chi connectivity index (χ1n) is 6.14. The molecule has 0 radical (unpaired) electrons. The van der Waals surface area contributed by atoms with Crippen LogP contribution in [0, 0.1) is 0 Å². The number of carbonyl (C=O) groups excluding carboxylic acids is 1. The van der Waals surface area contributed by atoms with Crippen molar-refractivity contribution in [3.63, 3.8) is 0 Å². The standard InChI is InChI=1S/C15H22O/c1-6-15(16)13-8-7-12(10(2)3)9-14(13)11(4)5/h7-11H,6H2,1-5H3. The number of hydrogen-bond donors (Lipinski definition) is 0. The maximum atomic E-state index is 11.8. The summed E-state index contributed by atoms with van der Waals surface area (Å²) in [5, 5.41) is 0. The van der Waals surface area contributed by atoms with Crippen LogP contribution in [0.15, 0.2) is 18.2 Å². The molecule has 0 N–H and O–H groups in total. The maximum absolute atomic E-state index is 11.8. The van der Waals surface area contributed by atoms with E-state index < -0.39 is 0 Å². The minimum Gasteiger partial charge on any atom is -0.294 e. The van der Waals surface area contributed by atoms with E-state index in [2.05, 4.69) is 39.8 Å². The van der Waals surface area contributed by atoms with Crippen molar-refractivity contribution in [2.75, 3.05) is 0 Å². The molecule has 16 heavy (non-hydrogen) atoms. The van der Waals surface area contributed by atoms with Crippen LogP contribution in [-0.2, 0) is 0 Å². The van der Waals surface area contributed by atoms with Gasteiger partial charge < -0.3 is 0 Å². The molecule has 0 aliphatic rings. The summed E-state index contributed by atoms with van der Waals surface area (Å²) in [7, 11) is 0. The predicted octanol–water partition coefficient (Wildman–Crippen LogP) is 4.53. The fourth-order valence-electron chi connectivity index (χ4n) is 1.86. The van der Waals surface area contributed by atoms with Gasteiger partial charge in [-0.1, -0.05) is 52.8 Å². The lowest BCUT2D eigenvalue weighted by Crippen LogP contribution is -2.05. The molecule has 0 fully saturated rings. The summed E-state index contributed by atoms with van der Waals surface area (Å²) in [6.07, 6.45) is 0.584. The highest BCUT2D eigenvalue weighted by atomic mass is 16.1. The summed E-state index contributed by atoms with van der Waals surface area (Å²) in [5.41, 5.74) is 3.41. The number of carbonyl (C=O) groups is 1. The van der Waals surface area contributed by atoms with Crippen LogP contribution in [0.4, 0.5) is 0 Å². The monoisotopic (exact) mass is 218 g/mol. The third-order valence-electron chi connectivity index (χ3n) is 2.99. The van der Waals surface area contributed by atoms with Crippen LogP contribution in [0.5, 0.6) is 0 Å². The molecule has 0 heterocycles. The van der Waals surface area contributed by atoms with Crippen molar-refractivity contribution in [2.24, 2.45) is 0 Å². The van der Waals surface area contributed by atoms with E-state index in [9.17, 15) is 4.79 Å². The first kappa shape index (κ1) is 13.0. The average Bonchev–Trinajstić information content (AvgIpc) is 2.26. The van der Waals surface area contributed by atoms with E-state index >= 15 is 0 Å². The SMILES string of the molecule is CCC(=O)c1ccc(C(C)C)cc1C(C)C. The molecular formula is C15H22O. The van der Waals surface area contributed by atoms with Crippen molar-refractivity contribution in [3.05, 3.63) is 34.9 Å². The van der Waals surface area contributed by atoms with Crippen molar-refractivity contribution in [2.45, 2.75) is 52.9 Å². The third kappa shape index (κ3) is 2.72. The maximum Gasteiger partial charge on any atom is 0.162 e. The van der Waals surface area contributed by atoms with Crippen LogP contribution in [0.1, 0.15) is 74.4 Å². The number of benzene rings is 1. The van der Waals surface area contributed by atoms with E-state index in [1.165, 1.54) is 11.1 Å². The predicted molar refractivity (Wildman–Crippen MR) is 69.2 cm³/mol. The lowest BCUT2D eigenvalue weighted by atomic mass is 9.89. The Kier molecular flexibility index (Phi) is 4.28. The van der Waals surface area contributed by atoms with Crippen LogP contribution in [0.3, 0.4) is 0 Å². The van der Waals surface area contributed by atoms with E-state index in [-0.39, 0.29) is 5.78 Å². The van der Waals surface area contributed by atoms with Gasteiger partial charge in [-0.05, 0) is 23.0 Å². The molecule has 0 atom stereocenters. The second-order valence-corrected chi connectivity index (χ2v) is 4.93. The van der Waals surface area contributed by atoms with Gasteiger partial charge >= 0.3 is 0 Å². The highest BCUT2D eigenvalue weighted by Gasteiger charge is 2.13. The molecule has 0 amide bonds. The van der Waals surface area contributed by atoms with Gasteiger partial charge in [0, 0.05) is 12.0 Å². The normalized spacial score (nSPS) is 11.2. The molecular weight excluding hydrogens is 196 g/mol. The second-order valence-electron chi connectivity index (χ2n) is 4.93. The summed E-state index contributed by atoms with van der Waals surface area (Å²) in [4.78, 5) is 11.8. The van der Waals surface area contributed by atoms with Crippen molar-refractivity contribution in [1.82, 2.24) is 0 Å². The fourth-order valence-corrected chi connectivity index (χ4v) is 1.86. The molecule has 88 valence electrons. The van der Waals surface area contributed by atoms with E-state index in [0.29, 0.717) is 18.3 Å². The second kappa shape index (κ2) is 5.29. The van der Waals surface area contributed by atoms with E-state index in [0.717, 1.165) is 5.56 Å². The van der Waals surface area contributed by atoms with Gasteiger partial charge in [-0.15, -0.1) is 0 Å². The van der Waals surface area contributed by atoms with Crippen LogP contribution >= 0.6 is 0 Å². The molecule has 1 aromatic carbocycles. The Morgan fingerprint density at radius 3 is 2.19 bits per heavy atom. The topological polar surface area (TPSA) is 17.1 Å². The summed E-state index contributed by atoms with van der Waals surface area (Å²) in [6.45, 7) is 10.6. The Morgan fingerprint density at radius 2 is 1.75 bits per heavy atom. The van der Waals surface area contributed by atoms with Gasteiger partial charge in [0.1, 0.15) is 0 Å². The van der Waals surface area contributed by atoms with Gasteiger partial charge in [-0.25, -0.2) is 0 Å². The fraction of sp³-hybridized carbons (Fsp3) is 0.533. The minimum absolute atomic E-state index is 0.249. The zero-order valence-electron chi connectivity index (χ0n) is 11.0. The van der Waals surface area contributed by atoms with Crippen molar-refractivity contribution in [3.8, 4) is 0 Å². The van der Waals surface area contributed by atoms with Crippen molar-refractivity contribution in [1.29, 1.82) is 0 Å². The Balaban J connectivity index is 3.25. The Hall–Kier alpha value is -1.11. The summed E-state index contributed by atoms with van der Waals surface area (Å²) in [6, 6.07) is 6.27. The highest BCUT2D eigenvalue weighted by molar-refractivity contribution is 5.97. The molecule has 1 aromatic rings. The van der Waals surface area contributed by atoms with E-state index in [1.54, 1.807) is 0 Å². The van der Waals surface area contributed by atoms with Gasteiger partial charge in [-0.3, -0.25) is 4.79 Å². The highest BCUT2D eigenvalue weighted by Crippen LogP contribution is 2.25. The zero-order valence-corrected chi connectivity index (χ0v) is 11.0. The van der Waals surface area contributed by atoms with Gasteiger partial charge in [0.25, 0.3) is 0 Å². The Morgan fingerprint density at radius 1 is 1.12 bits per heavy atom. The molecule has 1 nitrogen and oxygen atoms in total. The Bertz CT molecular complexity index is 375. The largest absolute Gasteiger partial charge is 0.294 e. The van der Waals surface area contributed by atoms with Crippen molar-refractivity contribution < 1.29 is 4.79 Å². The minimum atomic E-state index is 0.249. The molecule has 0 bridgehead atoms. The van der Waals surface area contributed by atoms with Gasteiger partial charge in [0.15, 0.2) is 5.78 Å². The summed E-state index contributed by atoms with van der Waals surface area (Å²) < 4.78 is 0. The molecule has 0 aliphatic carbocycles. The molecule has 0 aromatic heterocycles. The van der Waals surface area contributed by atoms with Crippen LogP contribution in [0.25, 0.3) is 0 Å². The first-order valence-corrected chi connectivity index (χ1v) is 6.14. The van der Waals surface area contributed by atoms with Gasteiger partial charge in [0.05, 0.1) is 0 Å². The average molecular weight is 218 g/mol. The molecule has 0 saturated heterocycles. The van der Waals surface area contributed by atoms with Crippen LogP contribution in [0.2, 0.25) is 0 Å². The Labute approximate surface area is 98.9 Å². The summed E-state index contributed by atoms with van der Waals surface area (Å²) >= 11 is 0. The number of Topliss-reactive ketones (excluding diaryl/α,β-unsaturated/α-hetero) is 1. The smallest absolute Gasteiger partial charge is 0.162 e. The van der Waals surface area contributed by atoms with Crippen LogP contribution in [-0.4, -0.2) is 5.78 Å². The van der Waals surface area contributed by atoms with E-state index in [1.807, 2.05) is 13.0 Å². The van der Waals surface area contributed by atoms with E-state index in [4.69, 9.17) is 0 Å². The quantitative estimate of drug-likeness (QED) is 0.679. The lowest BCUT2D eigenvalue weighted by Gasteiger charge is -2.15. The number of ketones is 1. The molecule has 0 spiro atoms. The summed E-state index contributed by atoms with van der Waals surface area (Å²) in [5.74, 6) is 1.17. The molecule has 0 unspecified atom stereocenters. The molecule has 1 rings (SSSR count). The molecule has 0 aliphatic heterocycles. The van der Waals surface area contributed by atoms with Crippen molar-refractivity contribution >= 4 is 5.78 Å². The van der Waals surface area contributed by atoms with Gasteiger partial charge in [0.2, 0.25) is 0 Å². The van der Waals surface area contributed by atoms with Gasteiger partial charge in [-0.2, -0.15) is 0 Å². The lowest BCUT2D eigenvalue weighted by molar-refractivity contribution is 0.0987. The first-order chi connectivity index (χ1) is 7.47. The van der Waals surface area contributed by atoms with Crippen LogP contribution < -0.4 is 0 Å². The molecule has 1 heteroatoms. The number of rotatable bonds is 4. The third-order valence-corrected chi connectivity index (χ3v) is 2.99. The number of hydrogen-bond acceptors (Lipinski definition) is 1.